The average Bonchev–Trinajstić information content (AvgIpc) is 2.49. The molecule has 0 heterocycles. The summed E-state index contributed by atoms with van der Waals surface area (Å²) < 4.78 is 1.65. The van der Waals surface area contributed by atoms with E-state index in [0.29, 0.717) is 0 Å². The monoisotopic (exact) mass is 302 g/mol. The molecule has 0 amide bonds. The van der Waals surface area contributed by atoms with Crippen molar-refractivity contribution in [1.82, 2.24) is 4.90 Å². The smallest absolute Gasteiger partial charge is 0.0790 e. The fourth-order valence-electron chi connectivity index (χ4n) is 1.34. The summed E-state index contributed by atoms with van der Waals surface area (Å²) in [5, 5.41) is 3.30. The molecule has 0 saturated heterocycles. The highest BCUT2D eigenvalue weighted by Gasteiger charge is 2.01. The minimum Gasteiger partial charge on any atom is -0.384 e. The van der Waals surface area contributed by atoms with Crippen molar-refractivity contribution in [2.24, 2.45) is 0 Å². The van der Waals surface area contributed by atoms with Gasteiger partial charge in [-0.2, -0.15) is 0 Å². The Kier molecular flexibility index (Phi) is 15.6. The highest BCUT2D eigenvalue weighted by atomic mass is 32.1. The van der Waals surface area contributed by atoms with E-state index in [1.54, 1.807) is 0 Å². The van der Waals surface area contributed by atoms with Crippen LogP contribution >= 0.6 is 24.4 Å². The van der Waals surface area contributed by atoms with Gasteiger partial charge in [0.05, 0.1) is 14.7 Å². The van der Waals surface area contributed by atoms with Gasteiger partial charge in [-0.05, 0) is 39.0 Å². The van der Waals surface area contributed by atoms with E-state index >= 15 is 0 Å². The maximum atomic E-state index is 5.09. The summed E-state index contributed by atoms with van der Waals surface area (Å²) in [4.78, 5) is 2.32. The maximum Gasteiger partial charge on any atom is 0.0790 e. The number of hydrogen-bond donors (Lipinski definition) is 1. The first-order chi connectivity index (χ1) is 9.15. The van der Waals surface area contributed by atoms with Crippen molar-refractivity contribution in [3.63, 3.8) is 0 Å². The third-order valence-corrected chi connectivity index (χ3v) is 3.46. The number of nitrogens with one attached hydrogen (secondary N) is 1. The third-order valence-electron chi connectivity index (χ3n) is 2.57. The van der Waals surface area contributed by atoms with Crippen LogP contribution in [-0.4, -0.2) is 31.6 Å². The first-order valence-electron chi connectivity index (χ1n) is 7.38. The van der Waals surface area contributed by atoms with E-state index in [0.717, 1.165) is 27.8 Å². The highest BCUT2D eigenvalue weighted by Crippen LogP contribution is 2.16. The first-order valence-corrected chi connectivity index (χ1v) is 8.19. The Hall–Kier alpha value is -0.320. The van der Waals surface area contributed by atoms with E-state index < -0.39 is 0 Å². The van der Waals surface area contributed by atoms with E-state index in [-0.39, 0.29) is 0 Å². The second kappa shape index (κ2) is 14.1. The summed E-state index contributed by atoms with van der Waals surface area (Å²) in [5.74, 6) is 0. The molecule has 4 heteroatoms. The van der Waals surface area contributed by atoms with Crippen LogP contribution in [0, 0.1) is 9.02 Å². The topological polar surface area (TPSA) is 15.3 Å². The van der Waals surface area contributed by atoms with Crippen LogP contribution in [0.15, 0.2) is 6.07 Å². The predicted octanol–water partition coefficient (Wildman–Crippen LogP) is 5.22. The number of anilines is 1. The summed E-state index contributed by atoms with van der Waals surface area (Å²) in [6, 6.07) is 1.94. The molecule has 1 rings (SSSR count). The molecule has 0 radical (unpaired) electrons. The van der Waals surface area contributed by atoms with Gasteiger partial charge in [0.1, 0.15) is 0 Å². The predicted molar refractivity (Wildman–Crippen MR) is 94.1 cm³/mol. The Bertz CT molecular complexity index is 368. The summed E-state index contributed by atoms with van der Waals surface area (Å²) in [6.45, 7) is 13.5. The van der Waals surface area contributed by atoms with Gasteiger partial charge in [-0.3, -0.25) is 0 Å². The van der Waals surface area contributed by atoms with Crippen LogP contribution in [0.2, 0.25) is 0 Å². The van der Waals surface area contributed by atoms with E-state index in [1.165, 1.54) is 19.4 Å². The SMILES string of the molecule is CC.CC.CCN(C)CCCCNc1cc(=S)c1=S. The second-order valence-corrected chi connectivity index (χ2v) is 4.63. The normalized spacial score (nSPS) is 9.42. The highest BCUT2D eigenvalue weighted by molar-refractivity contribution is 7.74. The molecule has 0 bridgehead atoms. The molecule has 1 aromatic carbocycles. The minimum absolute atomic E-state index is 0.818. The van der Waals surface area contributed by atoms with Crippen molar-refractivity contribution in [1.29, 1.82) is 0 Å². The van der Waals surface area contributed by atoms with E-state index in [1.807, 2.05) is 33.8 Å². The molecule has 2 nitrogen and oxygen atoms in total. The fraction of sp³-hybridized carbons (Fsp3) is 0.733. The van der Waals surface area contributed by atoms with Gasteiger partial charge in [0.2, 0.25) is 0 Å². The molecule has 0 atom stereocenters. The molecular formula is C15H30N2S2. The maximum absolute atomic E-state index is 5.09. The molecule has 19 heavy (non-hydrogen) atoms. The zero-order valence-electron chi connectivity index (χ0n) is 13.4. The Labute approximate surface area is 129 Å². The largest absolute Gasteiger partial charge is 0.384 e. The number of unbranched alkanes of at least 4 members (excludes halogenated alkanes) is 1. The molecule has 0 unspecified atom stereocenters. The quantitative estimate of drug-likeness (QED) is 0.548. The molecule has 1 N–H and O–H groups in total. The second-order valence-electron chi connectivity index (χ2n) is 3.78. The lowest BCUT2D eigenvalue weighted by molar-refractivity contribution is 0.345. The average molecular weight is 303 g/mol. The van der Waals surface area contributed by atoms with Crippen LogP contribution in [0.3, 0.4) is 0 Å². The Balaban J connectivity index is 0. The van der Waals surface area contributed by atoms with Gasteiger partial charge in [-0.25, -0.2) is 0 Å². The zero-order valence-corrected chi connectivity index (χ0v) is 15.0. The molecule has 0 fully saturated rings. The lowest BCUT2D eigenvalue weighted by atomic mass is 10.2. The summed E-state index contributed by atoms with van der Waals surface area (Å²) >= 11 is 10.1. The van der Waals surface area contributed by atoms with E-state index in [4.69, 9.17) is 24.4 Å². The summed E-state index contributed by atoms with van der Waals surface area (Å²) in [5.41, 5.74) is 1.05. The molecule has 1 aromatic rings. The molecule has 0 aliphatic rings. The zero-order chi connectivity index (χ0) is 15.3. The van der Waals surface area contributed by atoms with Crippen LogP contribution in [0.25, 0.3) is 0 Å². The van der Waals surface area contributed by atoms with Crippen molar-refractivity contribution in [3.8, 4) is 0 Å². The number of nitrogens with zero attached hydrogens (tertiary/aromatic N) is 1. The lowest BCUT2D eigenvalue weighted by Crippen LogP contribution is -2.19. The molecule has 0 aromatic heterocycles. The van der Waals surface area contributed by atoms with Gasteiger partial charge in [0, 0.05) is 6.54 Å². The molecule has 0 aliphatic heterocycles. The number of rotatable bonds is 7. The van der Waals surface area contributed by atoms with Gasteiger partial charge < -0.3 is 10.2 Å². The fourth-order valence-corrected chi connectivity index (χ4v) is 1.75. The van der Waals surface area contributed by atoms with Crippen LogP contribution < -0.4 is 5.32 Å². The third kappa shape index (κ3) is 9.25. The van der Waals surface area contributed by atoms with Crippen molar-refractivity contribution in [3.05, 3.63) is 15.1 Å². The molecule has 0 aliphatic carbocycles. The summed E-state index contributed by atoms with van der Waals surface area (Å²) in [7, 11) is 2.15. The van der Waals surface area contributed by atoms with E-state index in [9.17, 15) is 0 Å². The van der Waals surface area contributed by atoms with Crippen LogP contribution in [-0.2, 0) is 0 Å². The standard InChI is InChI=1S/C11H18N2S2.2C2H6/c1-3-13(2)7-5-4-6-12-9-8-10(14)11(9)15;2*1-2/h8,12H,3-7H2,1-2H3;2*1-2H3. The van der Waals surface area contributed by atoms with Crippen molar-refractivity contribution in [2.75, 3.05) is 32.0 Å². The van der Waals surface area contributed by atoms with Crippen LogP contribution in [0.5, 0.6) is 0 Å². The van der Waals surface area contributed by atoms with Crippen LogP contribution in [0.4, 0.5) is 5.69 Å². The Morgan fingerprint density at radius 3 is 2.11 bits per heavy atom. The van der Waals surface area contributed by atoms with Gasteiger partial charge in [0.25, 0.3) is 0 Å². The van der Waals surface area contributed by atoms with E-state index in [2.05, 4.69) is 24.2 Å². The van der Waals surface area contributed by atoms with Gasteiger partial charge in [-0.15, -0.1) is 0 Å². The molecule has 0 spiro atoms. The van der Waals surface area contributed by atoms with Crippen LogP contribution in [0.1, 0.15) is 47.5 Å². The molecular weight excluding hydrogens is 272 g/mol. The van der Waals surface area contributed by atoms with Crippen molar-refractivity contribution >= 4 is 30.1 Å². The first kappa shape index (κ1) is 21.0. The van der Waals surface area contributed by atoms with Gasteiger partial charge >= 0.3 is 0 Å². The summed E-state index contributed by atoms with van der Waals surface area (Å²) in [6.07, 6.45) is 2.40. The lowest BCUT2D eigenvalue weighted by Gasteiger charge is -2.14. The van der Waals surface area contributed by atoms with Crippen molar-refractivity contribution < 1.29 is 0 Å². The molecule has 0 saturated carbocycles. The Morgan fingerprint density at radius 1 is 1.11 bits per heavy atom. The number of hydrogen-bond acceptors (Lipinski definition) is 4. The Morgan fingerprint density at radius 2 is 1.68 bits per heavy atom. The minimum atomic E-state index is 0.818. The van der Waals surface area contributed by atoms with Crippen molar-refractivity contribution in [2.45, 2.75) is 47.5 Å². The van der Waals surface area contributed by atoms with Gasteiger partial charge in [-0.1, -0.05) is 59.1 Å². The van der Waals surface area contributed by atoms with Gasteiger partial charge in [0.15, 0.2) is 0 Å². The molecule has 112 valence electrons.